The van der Waals surface area contributed by atoms with E-state index in [1.54, 1.807) is 32.9 Å². The largest absolute Gasteiger partial charge is 0.748 e. The molecule has 5 atom stereocenters. The van der Waals surface area contributed by atoms with E-state index in [1.165, 1.54) is 19.2 Å². The molecule has 0 saturated heterocycles. The van der Waals surface area contributed by atoms with Crippen LogP contribution in [-0.2, 0) is 190 Å². The summed E-state index contributed by atoms with van der Waals surface area (Å²) in [4.78, 5) is 11.9. The van der Waals surface area contributed by atoms with Gasteiger partial charge in [0, 0.05) is 7.11 Å². The Kier molecular flexibility index (Phi) is 57.5. The molecule has 5 unspecified atom stereocenters. The van der Waals surface area contributed by atoms with Gasteiger partial charge in [-0.15, -0.1) is 0 Å². The van der Waals surface area contributed by atoms with Gasteiger partial charge in [-0.1, -0.05) is 160 Å². The summed E-state index contributed by atoms with van der Waals surface area (Å²) in [6, 6.07) is 10.5. The molecule has 38 radical (unpaired) electrons. The van der Waals surface area contributed by atoms with E-state index in [9.17, 15) is 153 Å². The standard InChI is InChI=1S/C16H19B2F3O7S.C14H14B5F3O4S.C13H12B4F4O4S.C13H15B2F3O6S.C12H12B3F3O4S.C11H13B3O4S/c1-15(2,3)28-14(22)27-13-9(6-17)4-11(5-10(13)7-18)26-12(16(19,20)21)8-29(23,24)25;15-1-7-8(2-16)10(4-18)13(11(5-19)9(7)3-17)26-12(14(20,21)22)6-27(23,24)25;14-1-6-8(3-16)12(9(4-17)7(2-15)11(6)18)25-10(13(19,20)21)5-26(22,23)24;1-22-7-23-12-8(4-14)2-10(3-9(12)5-15)24-11(13(16,17)18)6-25(19,20)21;13-3-7-1-9(5-15)10(2-8(7)4-14)22-11(12(16,17)18)6-23(19,20)21;12-5-8-3-10(7-14)11(4-9(8)6-13)18-1-2-19(15,16)17/h4-5,12H,6-8H2,1-3H3,(H,23,24,25);12H,1-6H2,(H,23,24,25);10H,1-5H2,(H,22,23,24);2-3,11H,4-7H2,1H3,(H,19,20,21);1-2,11H,3-6H2,(H,19,20,21);3-4H,1-2,5-7H2,(H,15,16,17)/p-6. The molecule has 0 N–H and O–H groups in total. The van der Waals surface area contributed by atoms with Gasteiger partial charge in [0.2, 0.25) is 30.5 Å². The Hall–Kier alpha value is -7.28. The van der Waals surface area contributed by atoms with Crippen molar-refractivity contribution in [3.05, 3.63) is 160 Å². The lowest BCUT2D eigenvalue weighted by molar-refractivity contribution is -0.188. The highest BCUT2D eigenvalue weighted by atomic mass is 32.2. The fourth-order valence-corrected chi connectivity index (χ4v) is 16.3. The molecule has 0 aliphatic rings. The highest BCUT2D eigenvalue weighted by molar-refractivity contribution is 7.87. The van der Waals surface area contributed by atoms with E-state index in [4.69, 9.17) is 196 Å². The molecular weight excluding hydrogens is 2110 g/mol. The zero-order valence-electron chi connectivity index (χ0n) is 79.4. The molecule has 6 aromatic carbocycles. The van der Waals surface area contributed by atoms with Gasteiger partial charge >= 0.3 is 37.0 Å². The van der Waals surface area contributed by atoms with Crippen molar-refractivity contribution < 1.29 is 200 Å². The third-order valence-electron chi connectivity index (χ3n) is 19.5. The van der Waals surface area contributed by atoms with E-state index in [0.29, 0.717) is 45.5 Å². The molecule has 29 nitrogen and oxygen atoms in total. The number of hydrogen-bond donors (Lipinski definition) is 0. The third kappa shape index (κ3) is 47.9. The highest BCUT2D eigenvalue weighted by Gasteiger charge is 2.49. The first-order valence-corrected chi connectivity index (χ1v) is 51.7. The van der Waals surface area contributed by atoms with Crippen LogP contribution in [0, 0.1) is 5.82 Å². The Balaban J connectivity index is 0.000000897. The Bertz CT molecular complexity index is 5980. The molecule has 0 aromatic heterocycles. The van der Waals surface area contributed by atoms with Gasteiger partial charge < -0.3 is 74.7 Å². The molecule has 0 amide bonds. The molecular formula is C79H79B19F16O29S6-6. The first kappa shape index (κ1) is 140. The first-order chi connectivity index (χ1) is 68.3. The summed E-state index contributed by atoms with van der Waals surface area (Å²) in [6.07, 6.45) is -43.7. The van der Waals surface area contributed by atoms with Crippen LogP contribution in [0.1, 0.15) is 126 Å². The smallest absolute Gasteiger partial charge is 0.514 e. The minimum absolute atomic E-state index is 0.00964. The van der Waals surface area contributed by atoms with E-state index >= 15 is 0 Å². The van der Waals surface area contributed by atoms with Gasteiger partial charge in [0.15, 0.2) is 6.79 Å². The van der Waals surface area contributed by atoms with E-state index < -0.39 is 211 Å². The van der Waals surface area contributed by atoms with E-state index in [1.807, 2.05) is 0 Å². The monoisotopic (exact) mass is 2200 g/mol. The topological polar surface area (TPSA) is 453 Å². The summed E-state index contributed by atoms with van der Waals surface area (Å²) in [5.74, 6) is -11.9. The number of rotatable bonds is 47. The maximum Gasteiger partial charge on any atom is 0.514 e. The van der Waals surface area contributed by atoms with E-state index in [2.05, 4.69) is 0 Å². The van der Waals surface area contributed by atoms with Gasteiger partial charge in [-0.3, -0.25) is 0 Å². The lowest BCUT2D eigenvalue weighted by Gasteiger charge is -2.30. The second-order valence-electron chi connectivity index (χ2n) is 31.3. The van der Waals surface area contributed by atoms with Crippen LogP contribution in [0.2, 0.25) is 0 Å². The van der Waals surface area contributed by atoms with Gasteiger partial charge in [-0.2, -0.15) is 65.9 Å². The predicted molar refractivity (Wildman–Crippen MR) is 523 cm³/mol. The van der Waals surface area contributed by atoms with E-state index in [0.717, 1.165) is 35.4 Å². The molecule has 0 aliphatic heterocycles. The van der Waals surface area contributed by atoms with E-state index in [-0.39, 0.29) is 192 Å². The van der Waals surface area contributed by atoms with Gasteiger partial charge in [0.05, 0.1) is 244 Å². The van der Waals surface area contributed by atoms with Crippen LogP contribution in [0.15, 0.2) is 48.5 Å². The Morgan fingerprint density at radius 2 is 0.530 bits per heavy atom. The van der Waals surface area contributed by atoms with Crippen LogP contribution in [0.3, 0.4) is 0 Å². The maximum absolute atomic E-state index is 14.5. The summed E-state index contributed by atoms with van der Waals surface area (Å²) in [6.45, 7) is 4.44. The molecule has 0 fully saturated rings. The predicted octanol–water partition coefficient (Wildman–Crippen LogP) is 3.46. The Labute approximate surface area is 879 Å². The highest BCUT2D eigenvalue weighted by Crippen LogP contribution is 2.43. The summed E-state index contributed by atoms with van der Waals surface area (Å²) < 4.78 is 453. The maximum atomic E-state index is 14.5. The molecule has 70 heteroatoms. The van der Waals surface area contributed by atoms with Gasteiger partial charge in [-0.25, -0.2) is 59.7 Å². The van der Waals surface area contributed by atoms with Crippen LogP contribution in [0.5, 0.6) is 46.0 Å². The molecule has 0 spiro atoms. The van der Waals surface area contributed by atoms with Crippen molar-refractivity contribution in [2.24, 2.45) is 0 Å². The number of alkyl halides is 15. The summed E-state index contributed by atoms with van der Waals surface area (Å²) >= 11 is 0. The number of carbonyl (C=O) groups excluding carboxylic acids is 1. The zero-order valence-corrected chi connectivity index (χ0v) is 84.3. The molecule has 149 heavy (non-hydrogen) atoms. The normalized spacial score (nSPS) is 13.3. The van der Waals surface area contributed by atoms with Crippen molar-refractivity contribution in [1.29, 1.82) is 0 Å². The van der Waals surface area contributed by atoms with Crippen LogP contribution < -0.4 is 37.9 Å². The number of ether oxygens (including phenoxy) is 10. The van der Waals surface area contributed by atoms with Crippen molar-refractivity contribution in [2.45, 2.75) is 208 Å². The van der Waals surface area contributed by atoms with Crippen LogP contribution in [0.4, 0.5) is 75.0 Å². The number of benzene rings is 6. The fraction of sp³-hybridized carbons (Fsp3) is 0.532. The lowest BCUT2D eigenvalue weighted by Crippen LogP contribution is -2.41. The van der Waals surface area contributed by atoms with Gasteiger partial charge in [0.25, 0.3) is 0 Å². The summed E-state index contributed by atoms with van der Waals surface area (Å²) in [5, 5.41) is 0. The van der Waals surface area contributed by atoms with Gasteiger partial charge in [-0.05, 0) is 135 Å². The minimum Gasteiger partial charge on any atom is -0.748 e. The molecule has 0 bridgehead atoms. The summed E-state index contributed by atoms with van der Waals surface area (Å²) in [5.41, 5.74) is 3.90. The SMILES string of the molecule is [B]Cc1c(C[B])c(C[B])c(OC(CS(=O)(=O)[O-])C(F)(F)F)c(C[B])c1C[B].[B]Cc1c(F)c(C[B])c(C[B])c(OC(CS(=O)(=O)[O-])C(F)(F)F)c1C[B].[B]Cc1cc(C[B])c(OC(CS(=O)(=O)[O-])C(F)(F)F)cc1C[B].[B]Cc1cc(C[B])c(OCCS(=O)(=O)[O-])cc1C[B].[B]Cc1cc(OC(CS(=O)(=O)[O-])C(F)(F)F)cc(C[B])c1OC(=O)OC(C)(C)C.[B]Cc1cc(OC(CS(=O)(=O)[O-])C(F)(F)F)cc(C[B])c1OCOC. The molecule has 6 aromatic rings. The average Bonchev–Trinajstić information content (AvgIpc) is 0.765. The molecule has 0 saturated carbocycles. The number of halogens is 16. The lowest BCUT2D eigenvalue weighted by atomic mass is 9.72. The van der Waals surface area contributed by atoms with Crippen LogP contribution in [0.25, 0.3) is 0 Å². The van der Waals surface area contributed by atoms with Crippen LogP contribution in [-0.4, -0.2) is 355 Å². The zero-order chi connectivity index (χ0) is 115. The molecule has 6 rings (SSSR count). The number of carbonyl (C=O) groups is 1. The van der Waals surface area contributed by atoms with Crippen molar-refractivity contribution >= 4 is 216 Å². The van der Waals surface area contributed by atoms with Crippen molar-refractivity contribution in [3.63, 3.8) is 0 Å². The van der Waals surface area contributed by atoms with Gasteiger partial charge in [0.1, 0.15) is 64.0 Å². The number of methoxy groups -OCH3 is 1. The average molecular weight is 2190 g/mol. The molecule has 0 heterocycles. The molecule has 780 valence electrons. The first-order valence-electron chi connectivity index (χ1n) is 42.2. The Morgan fingerprint density at radius 3 is 0.779 bits per heavy atom. The third-order valence-corrected chi connectivity index (χ3v) is 23.7. The molecule has 0 aliphatic carbocycles. The number of hydrogen-bond acceptors (Lipinski definition) is 29. The summed E-state index contributed by atoms with van der Waals surface area (Å²) in [7, 11) is 76.8. The van der Waals surface area contributed by atoms with Crippen LogP contribution >= 0.6 is 0 Å². The Morgan fingerprint density at radius 1 is 0.289 bits per heavy atom. The second kappa shape index (κ2) is 61.3. The second-order valence-corrected chi connectivity index (χ2v) is 40.1. The minimum atomic E-state index is -5.29. The van der Waals surface area contributed by atoms with Crippen molar-refractivity contribution in [3.8, 4) is 46.0 Å². The fourth-order valence-electron chi connectivity index (χ4n) is 12.9. The van der Waals surface area contributed by atoms with Crippen molar-refractivity contribution in [1.82, 2.24) is 0 Å². The quantitative estimate of drug-likeness (QED) is 0.0132. The van der Waals surface area contributed by atoms with Crippen molar-refractivity contribution in [2.75, 3.05) is 55.0 Å².